The second-order valence-corrected chi connectivity index (χ2v) is 9.71. The number of imide groups is 1. The molecule has 158 valence electrons. The zero-order chi connectivity index (χ0) is 22.0. The fourth-order valence-corrected chi connectivity index (χ4v) is 6.05. The van der Waals surface area contributed by atoms with Crippen molar-refractivity contribution in [1.29, 1.82) is 0 Å². The molecule has 31 heavy (non-hydrogen) atoms. The van der Waals surface area contributed by atoms with Gasteiger partial charge in [-0.25, -0.2) is 13.2 Å². The van der Waals surface area contributed by atoms with Crippen LogP contribution < -0.4 is 10.6 Å². The maximum absolute atomic E-state index is 13.1. The Morgan fingerprint density at radius 3 is 2.29 bits per heavy atom. The normalized spacial score (nSPS) is 20.6. The van der Waals surface area contributed by atoms with E-state index >= 15 is 0 Å². The number of nitrogens with zero attached hydrogens (tertiary/aromatic N) is 1. The van der Waals surface area contributed by atoms with Crippen LogP contribution in [0, 0.1) is 0 Å². The average molecular weight is 439 g/mol. The van der Waals surface area contributed by atoms with E-state index in [-0.39, 0.29) is 52.4 Å². The molecule has 2 saturated heterocycles. The minimum atomic E-state index is -3.94. The van der Waals surface area contributed by atoms with Gasteiger partial charge in [-0.2, -0.15) is 0 Å². The molecule has 0 bridgehead atoms. The molecule has 0 aliphatic carbocycles. The van der Waals surface area contributed by atoms with Gasteiger partial charge < -0.3 is 10.2 Å². The van der Waals surface area contributed by atoms with Gasteiger partial charge in [-0.15, -0.1) is 0 Å². The van der Waals surface area contributed by atoms with Crippen LogP contribution in [0.2, 0.25) is 0 Å². The van der Waals surface area contributed by atoms with Gasteiger partial charge in [-0.1, -0.05) is 12.1 Å². The van der Waals surface area contributed by atoms with Gasteiger partial charge in [-0.05, 0) is 43.2 Å². The van der Waals surface area contributed by atoms with Gasteiger partial charge in [0.1, 0.15) is 5.54 Å². The Hall–Kier alpha value is -3.53. The molecule has 5 rings (SSSR count). The predicted molar refractivity (Wildman–Crippen MR) is 106 cm³/mol. The molecule has 2 aromatic rings. The Balaban J connectivity index is 1.44. The summed E-state index contributed by atoms with van der Waals surface area (Å²) in [5.41, 5.74) is -0.709. The predicted octanol–water partition coefficient (Wildman–Crippen LogP) is 0.878. The molecule has 3 aliphatic heterocycles. The van der Waals surface area contributed by atoms with E-state index in [1.54, 1.807) is 12.1 Å². The van der Waals surface area contributed by atoms with Gasteiger partial charge in [0.05, 0.1) is 9.79 Å². The Morgan fingerprint density at radius 1 is 0.935 bits per heavy atom. The highest BCUT2D eigenvalue weighted by Gasteiger charge is 2.48. The van der Waals surface area contributed by atoms with E-state index in [0.29, 0.717) is 0 Å². The number of hydrogen-bond acceptors (Lipinski definition) is 6. The zero-order valence-corrected chi connectivity index (χ0v) is 17.0. The number of nitrogens with one attached hydrogen (secondary N) is 2. The second kappa shape index (κ2) is 6.48. The molecule has 2 N–H and O–H groups in total. The van der Waals surface area contributed by atoms with Crippen LogP contribution in [0.15, 0.2) is 52.3 Å². The Bertz CT molecular complexity index is 1290. The molecule has 3 heterocycles. The first-order valence-corrected chi connectivity index (χ1v) is 11.2. The molecule has 2 fully saturated rings. The van der Waals surface area contributed by atoms with Crippen molar-refractivity contribution < 1.29 is 27.6 Å². The number of sulfone groups is 1. The number of urea groups is 1. The molecule has 9 nitrogen and oxygen atoms in total. The highest BCUT2D eigenvalue weighted by Crippen LogP contribution is 2.35. The number of carbonyl (C=O) groups is 4. The summed E-state index contributed by atoms with van der Waals surface area (Å²) < 4.78 is 26.1. The summed E-state index contributed by atoms with van der Waals surface area (Å²) in [6.45, 7) is 0.441. The Labute approximate surface area is 177 Å². The average Bonchev–Trinajstić information content (AvgIpc) is 3.04. The van der Waals surface area contributed by atoms with E-state index in [1.165, 1.54) is 35.2 Å². The minimum Gasteiger partial charge on any atom is -0.338 e. The fourth-order valence-electron chi connectivity index (χ4n) is 4.37. The molecule has 0 aromatic heterocycles. The molecule has 3 aliphatic rings. The molecule has 0 atom stereocenters. The van der Waals surface area contributed by atoms with E-state index in [9.17, 15) is 27.6 Å². The molecular weight excluding hydrogens is 422 g/mol. The molecule has 0 saturated carbocycles. The lowest BCUT2D eigenvalue weighted by atomic mass is 9.87. The summed E-state index contributed by atoms with van der Waals surface area (Å²) in [5, 5.41) is 4.85. The highest BCUT2D eigenvalue weighted by molar-refractivity contribution is 7.91. The summed E-state index contributed by atoms with van der Waals surface area (Å²) >= 11 is 0. The summed E-state index contributed by atoms with van der Waals surface area (Å²) in [6, 6.07) is 9.51. The number of ketones is 1. The summed E-state index contributed by atoms with van der Waals surface area (Å²) in [7, 11) is -3.94. The van der Waals surface area contributed by atoms with Crippen LogP contribution in [-0.4, -0.2) is 55.6 Å². The van der Waals surface area contributed by atoms with Crippen LogP contribution in [0.1, 0.15) is 39.1 Å². The van der Waals surface area contributed by atoms with Crippen molar-refractivity contribution in [3.8, 4) is 0 Å². The quantitative estimate of drug-likeness (QED) is 0.542. The van der Waals surface area contributed by atoms with E-state index in [4.69, 9.17) is 0 Å². The van der Waals surface area contributed by atoms with Crippen molar-refractivity contribution in [2.75, 3.05) is 13.1 Å². The standard InChI is InChI=1S/C21H17N3O6S/c25-17-13-3-1-2-4-15(13)31(29,30)16-11-12(5-6-14(16)17)18(26)24-9-7-21(8-10-24)19(27)22-20(28)23-21/h1-6,11H,7-10H2,(H2,22,23,27,28). The first-order valence-electron chi connectivity index (χ1n) is 9.69. The topological polar surface area (TPSA) is 130 Å². The maximum Gasteiger partial charge on any atom is 0.322 e. The van der Waals surface area contributed by atoms with Crippen LogP contribution in [0.25, 0.3) is 0 Å². The Morgan fingerprint density at radius 2 is 1.61 bits per heavy atom. The van der Waals surface area contributed by atoms with Crippen molar-refractivity contribution >= 4 is 33.5 Å². The molecule has 0 radical (unpaired) electrons. The van der Waals surface area contributed by atoms with E-state index in [2.05, 4.69) is 10.6 Å². The van der Waals surface area contributed by atoms with Gasteiger partial charge in [0.15, 0.2) is 5.78 Å². The number of carbonyl (C=O) groups excluding carboxylic acids is 4. The third kappa shape index (κ3) is 2.78. The number of likely N-dealkylation sites (tertiary alicyclic amines) is 1. The molecular formula is C21H17N3O6S. The minimum absolute atomic E-state index is 0.0400. The summed E-state index contributed by atoms with van der Waals surface area (Å²) in [5.74, 6) is -1.20. The first-order chi connectivity index (χ1) is 14.7. The highest BCUT2D eigenvalue weighted by atomic mass is 32.2. The van der Waals surface area contributed by atoms with Gasteiger partial charge in [0.2, 0.25) is 9.84 Å². The lowest BCUT2D eigenvalue weighted by Crippen LogP contribution is -2.55. The lowest BCUT2D eigenvalue weighted by molar-refractivity contribution is -0.125. The van der Waals surface area contributed by atoms with Gasteiger partial charge in [-0.3, -0.25) is 19.7 Å². The number of benzene rings is 2. The third-order valence-electron chi connectivity index (χ3n) is 6.10. The van der Waals surface area contributed by atoms with Gasteiger partial charge >= 0.3 is 6.03 Å². The van der Waals surface area contributed by atoms with E-state index < -0.39 is 39.0 Å². The lowest BCUT2D eigenvalue weighted by Gasteiger charge is -2.37. The molecule has 2 aromatic carbocycles. The molecule has 10 heteroatoms. The van der Waals surface area contributed by atoms with Crippen molar-refractivity contribution in [3.63, 3.8) is 0 Å². The molecule has 1 spiro atoms. The largest absolute Gasteiger partial charge is 0.338 e. The number of amides is 4. The monoisotopic (exact) mass is 439 g/mol. The molecule has 4 amide bonds. The Kier molecular flexibility index (Phi) is 4.06. The number of hydrogen-bond donors (Lipinski definition) is 2. The zero-order valence-electron chi connectivity index (χ0n) is 16.2. The van der Waals surface area contributed by atoms with E-state index in [0.717, 1.165) is 0 Å². The van der Waals surface area contributed by atoms with Crippen LogP contribution in [0.5, 0.6) is 0 Å². The third-order valence-corrected chi connectivity index (χ3v) is 7.95. The summed E-state index contributed by atoms with van der Waals surface area (Å²) in [4.78, 5) is 50.6. The summed E-state index contributed by atoms with van der Waals surface area (Å²) in [6.07, 6.45) is 0.511. The van der Waals surface area contributed by atoms with E-state index in [1.807, 2.05) is 0 Å². The van der Waals surface area contributed by atoms with Crippen molar-refractivity contribution in [3.05, 3.63) is 59.2 Å². The SMILES string of the molecule is O=C1NC(=O)C2(CCN(C(=O)c3ccc4c(c3)S(=O)(=O)c3ccccc3C4=O)CC2)N1. The van der Waals surface area contributed by atoms with Gasteiger partial charge in [0.25, 0.3) is 11.8 Å². The van der Waals surface area contributed by atoms with Crippen molar-refractivity contribution in [2.45, 2.75) is 28.2 Å². The smallest absolute Gasteiger partial charge is 0.322 e. The molecule has 0 unspecified atom stereocenters. The van der Waals surface area contributed by atoms with Gasteiger partial charge in [0, 0.05) is 29.8 Å². The van der Waals surface area contributed by atoms with Crippen LogP contribution in [0.3, 0.4) is 0 Å². The number of piperidine rings is 1. The van der Waals surface area contributed by atoms with Crippen molar-refractivity contribution in [2.24, 2.45) is 0 Å². The van der Waals surface area contributed by atoms with Crippen LogP contribution in [-0.2, 0) is 14.6 Å². The van der Waals surface area contributed by atoms with Crippen molar-refractivity contribution in [1.82, 2.24) is 15.5 Å². The fraction of sp³-hybridized carbons (Fsp3) is 0.238. The number of fused-ring (bicyclic) bond motifs is 2. The van der Waals surface area contributed by atoms with Crippen LogP contribution >= 0.6 is 0 Å². The van der Waals surface area contributed by atoms with Crippen LogP contribution in [0.4, 0.5) is 4.79 Å². The second-order valence-electron chi connectivity index (χ2n) is 7.82. The maximum atomic E-state index is 13.1. The number of rotatable bonds is 1. The first kappa shape index (κ1) is 19.4.